The van der Waals surface area contributed by atoms with Gasteiger partial charge in [-0.25, -0.2) is 4.68 Å². The number of nitrogens with zero attached hydrogens (tertiary/aromatic N) is 3. The molecule has 0 spiro atoms. The molecule has 0 radical (unpaired) electrons. The van der Waals surface area contributed by atoms with Crippen LogP contribution >= 0.6 is 11.6 Å². The lowest BCUT2D eigenvalue weighted by Gasteiger charge is -2.06. The highest BCUT2D eigenvalue weighted by molar-refractivity contribution is 6.32. The van der Waals surface area contributed by atoms with E-state index in [9.17, 15) is 4.79 Å². The second-order valence-electron chi connectivity index (χ2n) is 4.12. The summed E-state index contributed by atoms with van der Waals surface area (Å²) in [4.78, 5) is 15.6. The molecule has 0 unspecified atom stereocenters. The number of amides is 1. The highest BCUT2D eigenvalue weighted by atomic mass is 35.5. The summed E-state index contributed by atoms with van der Waals surface area (Å²) < 4.78 is 1.52. The normalized spacial score (nSPS) is 10.7. The second-order valence-corrected chi connectivity index (χ2v) is 4.47. The van der Waals surface area contributed by atoms with Crippen LogP contribution in [0.1, 0.15) is 13.8 Å². The lowest BCUT2D eigenvalue weighted by Crippen LogP contribution is -2.17. The summed E-state index contributed by atoms with van der Waals surface area (Å²) in [5.41, 5.74) is 1.24. The number of nitrogens with one attached hydrogen (secondary N) is 1. The summed E-state index contributed by atoms with van der Waals surface area (Å²) >= 11 is 6.17. The number of hydrogen-bond acceptors (Lipinski definition) is 3. The van der Waals surface area contributed by atoms with Gasteiger partial charge in [0.05, 0.1) is 23.8 Å². The maximum atomic E-state index is 11.6. The minimum Gasteiger partial charge on any atom is -0.322 e. The molecule has 0 fully saturated rings. The average molecular weight is 265 g/mol. The largest absolute Gasteiger partial charge is 0.322 e. The van der Waals surface area contributed by atoms with Crippen molar-refractivity contribution in [1.29, 1.82) is 0 Å². The van der Waals surface area contributed by atoms with E-state index in [0.29, 0.717) is 10.8 Å². The molecule has 1 amide bonds. The van der Waals surface area contributed by atoms with Crippen molar-refractivity contribution in [2.45, 2.75) is 13.8 Å². The number of halogens is 1. The van der Waals surface area contributed by atoms with Crippen LogP contribution in [0.5, 0.6) is 0 Å². The molecule has 0 saturated heterocycles. The van der Waals surface area contributed by atoms with E-state index in [4.69, 9.17) is 11.6 Å². The number of hydrogen-bond donors (Lipinski definition) is 1. The molecule has 0 aliphatic carbocycles. The van der Waals surface area contributed by atoms with E-state index in [1.165, 1.54) is 10.9 Å². The van der Waals surface area contributed by atoms with Gasteiger partial charge < -0.3 is 5.32 Å². The zero-order chi connectivity index (χ0) is 13.1. The van der Waals surface area contributed by atoms with Crippen molar-refractivity contribution >= 4 is 23.2 Å². The van der Waals surface area contributed by atoms with Gasteiger partial charge in [-0.2, -0.15) is 5.10 Å². The zero-order valence-electron chi connectivity index (χ0n) is 10.1. The fourth-order valence-corrected chi connectivity index (χ4v) is 1.59. The van der Waals surface area contributed by atoms with Crippen molar-refractivity contribution in [3.05, 3.63) is 35.9 Å². The summed E-state index contributed by atoms with van der Waals surface area (Å²) in [6.45, 7) is 3.63. The maximum absolute atomic E-state index is 11.6. The molecule has 94 valence electrons. The van der Waals surface area contributed by atoms with Gasteiger partial charge in [-0.3, -0.25) is 9.78 Å². The monoisotopic (exact) mass is 264 g/mol. The molecule has 1 N–H and O–H groups in total. The van der Waals surface area contributed by atoms with Crippen molar-refractivity contribution in [2.75, 3.05) is 5.32 Å². The standard InChI is InChI=1S/C12H13ClN4O/c1-8(2)12(18)16-10-7-15-17(11(10)13)9-4-3-5-14-6-9/h3-8H,1-2H3,(H,16,18). The van der Waals surface area contributed by atoms with Crippen LogP contribution in [-0.4, -0.2) is 20.7 Å². The number of rotatable bonds is 3. The summed E-state index contributed by atoms with van der Waals surface area (Å²) in [6.07, 6.45) is 4.84. The third-order valence-corrected chi connectivity index (χ3v) is 2.75. The van der Waals surface area contributed by atoms with Crippen LogP contribution < -0.4 is 5.32 Å². The van der Waals surface area contributed by atoms with Crippen molar-refractivity contribution < 1.29 is 4.79 Å². The van der Waals surface area contributed by atoms with Crippen molar-refractivity contribution in [3.8, 4) is 5.69 Å². The Bertz CT molecular complexity index is 550. The molecule has 6 heteroatoms. The van der Waals surface area contributed by atoms with E-state index in [2.05, 4.69) is 15.4 Å². The number of pyridine rings is 1. The molecular weight excluding hydrogens is 252 g/mol. The first-order chi connectivity index (χ1) is 8.59. The lowest BCUT2D eigenvalue weighted by atomic mass is 10.2. The van der Waals surface area contributed by atoms with Crippen LogP contribution in [0.15, 0.2) is 30.7 Å². The van der Waals surface area contributed by atoms with Crippen LogP contribution in [0.3, 0.4) is 0 Å². The van der Waals surface area contributed by atoms with Gasteiger partial charge in [0.25, 0.3) is 0 Å². The molecule has 2 aromatic heterocycles. The van der Waals surface area contributed by atoms with Gasteiger partial charge in [0.1, 0.15) is 0 Å². The molecule has 18 heavy (non-hydrogen) atoms. The summed E-state index contributed by atoms with van der Waals surface area (Å²) in [5.74, 6) is -0.203. The fraction of sp³-hybridized carbons (Fsp3) is 0.250. The number of carbonyl (C=O) groups excluding carboxylic acids is 1. The SMILES string of the molecule is CC(C)C(=O)Nc1cnn(-c2cccnc2)c1Cl. The topological polar surface area (TPSA) is 59.8 Å². The van der Waals surface area contributed by atoms with Crippen LogP contribution in [0.25, 0.3) is 5.69 Å². The van der Waals surface area contributed by atoms with Crippen molar-refractivity contribution in [2.24, 2.45) is 5.92 Å². The van der Waals surface area contributed by atoms with Gasteiger partial charge in [0.15, 0.2) is 5.15 Å². The van der Waals surface area contributed by atoms with Gasteiger partial charge >= 0.3 is 0 Å². The molecule has 0 aliphatic rings. The van der Waals surface area contributed by atoms with Crippen LogP contribution in [0.2, 0.25) is 5.15 Å². The Morgan fingerprint density at radius 2 is 2.22 bits per heavy atom. The van der Waals surface area contributed by atoms with Crippen LogP contribution in [0.4, 0.5) is 5.69 Å². The van der Waals surface area contributed by atoms with E-state index in [1.54, 1.807) is 18.5 Å². The fourth-order valence-electron chi connectivity index (χ4n) is 1.35. The first-order valence-corrected chi connectivity index (χ1v) is 5.92. The second kappa shape index (κ2) is 5.18. The van der Waals surface area contributed by atoms with Crippen LogP contribution in [0, 0.1) is 5.92 Å². The Labute approximate surface area is 110 Å². The third kappa shape index (κ3) is 2.51. The Morgan fingerprint density at radius 3 is 2.83 bits per heavy atom. The van der Waals surface area contributed by atoms with E-state index < -0.39 is 0 Å². The minimum absolute atomic E-state index is 0.0948. The number of anilines is 1. The zero-order valence-corrected chi connectivity index (χ0v) is 10.8. The van der Waals surface area contributed by atoms with Gasteiger partial charge in [-0.1, -0.05) is 25.4 Å². The highest BCUT2D eigenvalue weighted by Crippen LogP contribution is 2.24. The number of carbonyl (C=O) groups is 1. The summed E-state index contributed by atoms with van der Waals surface area (Å²) in [6, 6.07) is 3.62. The lowest BCUT2D eigenvalue weighted by molar-refractivity contribution is -0.118. The summed E-state index contributed by atoms with van der Waals surface area (Å²) in [5, 5.41) is 7.21. The van der Waals surface area contributed by atoms with Gasteiger partial charge in [-0.15, -0.1) is 0 Å². The molecule has 0 saturated carbocycles. The van der Waals surface area contributed by atoms with E-state index in [1.807, 2.05) is 19.9 Å². The predicted octanol–water partition coefficient (Wildman–Crippen LogP) is 2.52. The first-order valence-electron chi connectivity index (χ1n) is 5.54. The average Bonchev–Trinajstić information content (AvgIpc) is 2.72. The molecule has 0 bridgehead atoms. The molecule has 2 rings (SSSR count). The quantitative estimate of drug-likeness (QED) is 0.927. The van der Waals surface area contributed by atoms with E-state index >= 15 is 0 Å². The van der Waals surface area contributed by atoms with E-state index in [0.717, 1.165) is 5.69 Å². The molecule has 2 aromatic rings. The molecule has 0 aromatic carbocycles. The van der Waals surface area contributed by atoms with Crippen molar-refractivity contribution in [3.63, 3.8) is 0 Å². The Kier molecular flexibility index (Phi) is 3.62. The first kappa shape index (κ1) is 12.6. The molecule has 0 aliphatic heterocycles. The molecule has 2 heterocycles. The minimum atomic E-state index is -0.109. The Hall–Kier alpha value is -1.88. The molecule has 5 nitrogen and oxygen atoms in total. The van der Waals surface area contributed by atoms with Crippen molar-refractivity contribution in [1.82, 2.24) is 14.8 Å². The smallest absolute Gasteiger partial charge is 0.227 e. The number of aromatic nitrogens is 3. The van der Waals surface area contributed by atoms with Gasteiger partial charge in [0.2, 0.25) is 5.91 Å². The highest BCUT2D eigenvalue weighted by Gasteiger charge is 2.14. The van der Waals surface area contributed by atoms with E-state index in [-0.39, 0.29) is 11.8 Å². The molecular formula is C12H13ClN4O. The van der Waals surface area contributed by atoms with Gasteiger partial charge in [0, 0.05) is 12.1 Å². The predicted molar refractivity (Wildman–Crippen MR) is 69.8 cm³/mol. The Balaban J connectivity index is 2.27. The molecule has 0 atom stereocenters. The summed E-state index contributed by atoms with van der Waals surface area (Å²) in [7, 11) is 0. The van der Waals surface area contributed by atoms with Gasteiger partial charge in [-0.05, 0) is 12.1 Å². The Morgan fingerprint density at radius 1 is 1.44 bits per heavy atom. The third-order valence-electron chi connectivity index (χ3n) is 2.38. The maximum Gasteiger partial charge on any atom is 0.227 e. The van der Waals surface area contributed by atoms with Crippen LogP contribution in [-0.2, 0) is 4.79 Å².